The second-order valence-corrected chi connectivity index (χ2v) is 9.85. The summed E-state index contributed by atoms with van der Waals surface area (Å²) in [6, 6.07) is 6.10. The summed E-state index contributed by atoms with van der Waals surface area (Å²) in [4.78, 5) is 14.2. The molecule has 0 radical (unpaired) electrons. The summed E-state index contributed by atoms with van der Waals surface area (Å²) in [7, 11) is -1.36. The highest BCUT2D eigenvalue weighted by molar-refractivity contribution is 14.0. The number of aryl methyl sites for hydroxylation is 1. The first-order chi connectivity index (χ1) is 11.7. The van der Waals surface area contributed by atoms with E-state index in [1.54, 1.807) is 20.9 Å². The number of benzene rings is 1. The van der Waals surface area contributed by atoms with E-state index < -0.39 is 14.6 Å². The van der Waals surface area contributed by atoms with E-state index in [0.29, 0.717) is 25.6 Å². The molecule has 7 nitrogen and oxygen atoms in total. The Balaban J connectivity index is 0.00000243. The van der Waals surface area contributed by atoms with Crippen molar-refractivity contribution in [2.24, 2.45) is 4.99 Å². The summed E-state index contributed by atoms with van der Waals surface area (Å²) >= 11 is 0. The SMILES string of the molecule is CN=C(NCc1nc2ccc(C)cc2[nH]1)N1CCS(=O)(=O)C(C)(C)C1.I. The minimum absolute atomic E-state index is 0. The number of rotatable bonds is 2. The van der Waals surface area contributed by atoms with Crippen LogP contribution in [0, 0.1) is 6.92 Å². The fourth-order valence-electron chi connectivity index (χ4n) is 3.08. The lowest BCUT2D eigenvalue weighted by atomic mass is 10.2. The predicted molar refractivity (Wildman–Crippen MR) is 116 cm³/mol. The Labute approximate surface area is 171 Å². The molecular weight excluding hydrogens is 465 g/mol. The fraction of sp³-hybridized carbons (Fsp3) is 0.529. The van der Waals surface area contributed by atoms with E-state index in [-0.39, 0.29) is 29.7 Å². The number of imidazole rings is 1. The third-order valence-corrected chi connectivity index (χ3v) is 7.19. The van der Waals surface area contributed by atoms with Gasteiger partial charge in [0, 0.05) is 20.1 Å². The van der Waals surface area contributed by atoms with Crippen LogP contribution in [0.4, 0.5) is 0 Å². The number of hydrogen-bond acceptors (Lipinski definition) is 4. The van der Waals surface area contributed by atoms with Crippen LogP contribution in [0.1, 0.15) is 25.2 Å². The maximum atomic E-state index is 12.2. The molecule has 1 aliphatic rings. The average Bonchev–Trinajstić information content (AvgIpc) is 2.93. The number of aromatic nitrogens is 2. The van der Waals surface area contributed by atoms with Gasteiger partial charge in [-0.25, -0.2) is 13.4 Å². The van der Waals surface area contributed by atoms with Crippen LogP contribution in [0.15, 0.2) is 23.2 Å². The Morgan fingerprint density at radius 3 is 2.81 bits per heavy atom. The quantitative estimate of drug-likeness (QED) is 0.382. The number of nitrogens with zero attached hydrogens (tertiary/aromatic N) is 3. The molecule has 2 heterocycles. The zero-order valence-electron chi connectivity index (χ0n) is 15.5. The number of nitrogens with one attached hydrogen (secondary N) is 2. The topological polar surface area (TPSA) is 90.4 Å². The van der Waals surface area contributed by atoms with Gasteiger partial charge < -0.3 is 15.2 Å². The van der Waals surface area contributed by atoms with Gasteiger partial charge in [-0.3, -0.25) is 4.99 Å². The summed E-state index contributed by atoms with van der Waals surface area (Å²) in [5.74, 6) is 1.66. The van der Waals surface area contributed by atoms with Gasteiger partial charge in [0.15, 0.2) is 15.8 Å². The van der Waals surface area contributed by atoms with Crippen LogP contribution >= 0.6 is 24.0 Å². The van der Waals surface area contributed by atoms with Gasteiger partial charge in [0.05, 0.1) is 28.1 Å². The number of hydrogen-bond donors (Lipinski definition) is 2. The van der Waals surface area contributed by atoms with Crippen molar-refractivity contribution in [2.45, 2.75) is 32.1 Å². The Morgan fingerprint density at radius 1 is 1.42 bits per heavy atom. The van der Waals surface area contributed by atoms with Crippen molar-refractivity contribution in [2.75, 3.05) is 25.9 Å². The highest BCUT2D eigenvalue weighted by Gasteiger charge is 2.40. The maximum absolute atomic E-state index is 12.2. The standard InChI is InChI=1S/C17H25N5O2S.HI/c1-12-5-6-13-14(9-12)21-15(20-13)10-19-16(18-4)22-7-8-25(23,24)17(2,3)11-22;/h5-6,9H,7-8,10-11H2,1-4H3,(H,18,19)(H,20,21);1H. The number of aliphatic imine (C=N–C) groups is 1. The van der Waals surface area contributed by atoms with Crippen LogP contribution in [0.5, 0.6) is 0 Å². The van der Waals surface area contributed by atoms with E-state index in [1.807, 2.05) is 24.0 Å². The van der Waals surface area contributed by atoms with E-state index in [0.717, 1.165) is 16.9 Å². The van der Waals surface area contributed by atoms with Crippen molar-refractivity contribution >= 4 is 50.8 Å². The van der Waals surface area contributed by atoms with Gasteiger partial charge in [-0.1, -0.05) is 6.07 Å². The molecule has 0 amide bonds. The Hall–Kier alpha value is -1.36. The van der Waals surface area contributed by atoms with Crippen molar-refractivity contribution in [1.82, 2.24) is 20.2 Å². The van der Waals surface area contributed by atoms with Crippen LogP contribution in [-0.2, 0) is 16.4 Å². The summed E-state index contributed by atoms with van der Waals surface area (Å²) in [5.41, 5.74) is 3.13. The number of sulfone groups is 1. The molecule has 0 aliphatic carbocycles. The molecular formula is C17H26IN5O2S. The lowest BCUT2D eigenvalue weighted by molar-refractivity contribution is 0.353. The molecule has 0 spiro atoms. The third-order valence-electron chi connectivity index (χ3n) is 4.66. The highest BCUT2D eigenvalue weighted by atomic mass is 127. The van der Waals surface area contributed by atoms with Gasteiger partial charge >= 0.3 is 0 Å². The molecule has 9 heteroatoms. The number of halogens is 1. The Bertz CT molecular complexity index is 920. The molecule has 144 valence electrons. The van der Waals surface area contributed by atoms with Crippen LogP contribution < -0.4 is 5.32 Å². The van der Waals surface area contributed by atoms with E-state index in [1.165, 1.54) is 5.56 Å². The fourth-order valence-corrected chi connectivity index (χ4v) is 4.45. The zero-order valence-corrected chi connectivity index (χ0v) is 18.7. The molecule has 2 aromatic rings. The highest BCUT2D eigenvalue weighted by Crippen LogP contribution is 2.23. The molecule has 1 fully saturated rings. The van der Waals surface area contributed by atoms with Crippen molar-refractivity contribution in [3.63, 3.8) is 0 Å². The first-order valence-electron chi connectivity index (χ1n) is 8.35. The Morgan fingerprint density at radius 2 is 2.15 bits per heavy atom. The second-order valence-electron chi connectivity index (χ2n) is 7.10. The van der Waals surface area contributed by atoms with Crippen molar-refractivity contribution in [3.05, 3.63) is 29.6 Å². The zero-order chi connectivity index (χ0) is 18.2. The van der Waals surface area contributed by atoms with Crippen LogP contribution in [0.25, 0.3) is 11.0 Å². The smallest absolute Gasteiger partial charge is 0.194 e. The Kier molecular flexibility index (Phi) is 6.21. The molecule has 1 aromatic heterocycles. The normalized spacial score (nSPS) is 19.2. The predicted octanol–water partition coefficient (Wildman–Crippen LogP) is 2.07. The molecule has 0 bridgehead atoms. The van der Waals surface area contributed by atoms with Gasteiger partial charge in [0.25, 0.3) is 0 Å². The molecule has 0 atom stereocenters. The van der Waals surface area contributed by atoms with Gasteiger partial charge in [-0.05, 0) is 38.5 Å². The van der Waals surface area contributed by atoms with Gasteiger partial charge in [0.2, 0.25) is 0 Å². The summed E-state index contributed by atoms with van der Waals surface area (Å²) in [6.45, 7) is 6.96. The lowest BCUT2D eigenvalue weighted by Gasteiger charge is -2.39. The number of fused-ring (bicyclic) bond motifs is 1. The lowest BCUT2D eigenvalue weighted by Crippen LogP contribution is -2.57. The monoisotopic (exact) mass is 491 g/mol. The largest absolute Gasteiger partial charge is 0.349 e. The summed E-state index contributed by atoms with van der Waals surface area (Å²) < 4.78 is 23.6. The minimum atomic E-state index is -3.07. The van der Waals surface area contributed by atoms with Crippen molar-refractivity contribution in [1.29, 1.82) is 0 Å². The molecule has 1 saturated heterocycles. The number of H-pyrrole nitrogens is 1. The molecule has 26 heavy (non-hydrogen) atoms. The number of aromatic amines is 1. The molecule has 0 saturated carbocycles. The summed E-state index contributed by atoms with van der Waals surface area (Å²) in [6.07, 6.45) is 0. The first kappa shape index (κ1) is 20.9. The first-order valence-corrected chi connectivity index (χ1v) is 10.0. The van der Waals surface area contributed by atoms with E-state index in [9.17, 15) is 8.42 Å². The van der Waals surface area contributed by atoms with Gasteiger partial charge in [-0.15, -0.1) is 24.0 Å². The van der Waals surface area contributed by atoms with E-state index in [4.69, 9.17) is 0 Å². The summed E-state index contributed by atoms with van der Waals surface area (Å²) in [5, 5.41) is 3.28. The molecule has 1 aliphatic heterocycles. The van der Waals surface area contributed by atoms with Crippen LogP contribution in [0.3, 0.4) is 0 Å². The van der Waals surface area contributed by atoms with E-state index in [2.05, 4.69) is 26.3 Å². The van der Waals surface area contributed by atoms with Crippen LogP contribution in [0.2, 0.25) is 0 Å². The van der Waals surface area contributed by atoms with Gasteiger partial charge in [-0.2, -0.15) is 0 Å². The minimum Gasteiger partial charge on any atom is -0.349 e. The average molecular weight is 491 g/mol. The molecule has 2 N–H and O–H groups in total. The van der Waals surface area contributed by atoms with E-state index >= 15 is 0 Å². The van der Waals surface area contributed by atoms with Gasteiger partial charge in [0.1, 0.15) is 5.82 Å². The molecule has 1 aromatic carbocycles. The number of guanidine groups is 1. The maximum Gasteiger partial charge on any atom is 0.194 e. The molecule has 3 rings (SSSR count). The van der Waals surface area contributed by atoms with Crippen molar-refractivity contribution in [3.8, 4) is 0 Å². The third kappa shape index (κ3) is 4.13. The van der Waals surface area contributed by atoms with Crippen LogP contribution in [-0.4, -0.2) is 59.9 Å². The molecule has 0 unspecified atom stereocenters. The second kappa shape index (κ2) is 7.71. The van der Waals surface area contributed by atoms with Crippen molar-refractivity contribution < 1.29 is 8.42 Å².